The van der Waals surface area contributed by atoms with Crippen LogP contribution in [-0.4, -0.2) is 19.8 Å². The molecule has 19 heavy (non-hydrogen) atoms. The van der Waals surface area contributed by atoms with E-state index in [0.717, 1.165) is 0 Å². The minimum absolute atomic E-state index is 0.252. The van der Waals surface area contributed by atoms with Crippen LogP contribution in [0, 0.1) is 5.82 Å². The van der Waals surface area contributed by atoms with Gasteiger partial charge in [-0.05, 0) is 38.5 Å². The summed E-state index contributed by atoms with van der Waals surface area (Å²) in [5, 5.41) is 0. The standard InChI is InChI=1S/C13H20FO4P/c1-4-16-13(11-7-9-12(14)10-8-11)19(15,17-5-2)18-6-3/h7-10,13H,4-6H2,1-3H3. The Morgan fingerprint density at radius 3 is 2.00 bits per heavy atom. The van der Waals surface area contributed by atoms with E-state index in [2.05, 4.69) is 0 Å². The Morgan fingerprint density at radius 1 is 1.05 bits per heavy atom. The molecule has 0 saturated heterocycles. The minimum Gasteiger partial charge on any atom is -0.361 e. The van der Waals surface area contributed by atoms with Crippen LogP contribution in [-0.2, 0) is 18.3 Å². The van der Waals surface area contributed by atoms with Crippen molar-refractivity contribution >= 4 is 7.60 Å². The van der Waals surface area contributed by atoms with Crippen molar-refractivity contribution < 1.29 is 22.7 Å². The van der Waals surface area contributed by atoms with Gasteiger partial charge in [-0.1, -0.05) is 12.1 Å². The molecule has 1 rings (SSSR count). The highest BCUT2D eigenvalue weighted by Gasteiger charge is 2.37. The van der Waals surface area contributed by atoms with Crippen LogP contribution in [0.25, 0.3) is 0 Å². The maximum Gasteiger partial charge on any atom is 0.363 e. The van der Waals surface area contributed by atoms with Gasteiger partial charge in [0.15, 0.2) is 5.85 Å². The SMILES string of the molecule is CCOC(c1ccc(F)cc1)P(=O)(OCC)OCC. The molecular formula is C13H20FO4P. The second-order valence-electron chi connectivity index (χ2n) is 3.73. The average Bonchev–Trinajstić information content (AvgIpc) is 2.38. The maximum atomic E-state index is 13.0. The lowest BCUT2D eigenvalue weighted by Crippen LogP contribution is -2.10. The molecule has 0 amide bonds. The Bertz CT molecular complexity index is 411. The lowest BCUT2D eigenvalue weighted by atomic mass is 10.2. The van der Waals surface area contributed by atoms with Crippen LogP contribution in [0.15, 0.2) is 24.3 Å². The summed E-state index contributed by atoms with van der Waals surface area (Å²) >= 11 is 0. The second kappa shape index (κ2) is 7.75. The maximum absolute atomic E-state index is 13.0. The zero-order valence-corrected chi connectivity index (χ0v) is 12.4. The molecule has 1 unspecified atom stereocenters. The van der Waals surface area contributed by atoms with Gasteiger partial charge in [-0.15, -0.1) is 0 Å². The van der Waals surface area contributed by atoms with Crippen molar-refractivity contribution in [1.82, 2.24) is 0 Å². The van der Waals surface area contributed by atoms with Crippen LogP contribution in [0.5, 0.6) is 0 Å². The molecule has 108 valence electrons. The second-order valence-corrected chi connectivity index (χ2v) is 5.80. The summed E-state index contributed by atoms with van der Waals surface area (Å²) in [6.07, 6.45) is 0. The number of halogens is 1. The van der Waals surface area contributed by atoms with Gasteiger partial charge in [-0.3, -0.25) is 4.57 Å². The Morgan fingerprint density at radius 2 is 1.58 bits per heavy atom. The third-order valence-electron chi connectivity index (χ3n) is 2.38. The van der Waals surface area contributed by atoms with Gasteiger partial charge in [0, 0.05) is 6.61 Å². The Balaban J connectivity index is 3.09. The van der Waals surface area contributed by atoms with Crippen molar-refractivity contribution in [3.8, 4) is 0 Å². The molecule has 0 aromatic heterocycles. The minimum atomic E-state index is -3.43. The molecule has 1 atom stereocenters. The summed E-state index contributed by atoms with van der Waals surface area (Å²) in [7, 11) is -3.43. The molecule has 0 heterocycles. The molecule has 0 spiro atoms. The average molecular weight is 290 g/mol. The fraction of sp³-hybridized carbons (Fsp3) is 0.538. The van der Waals surface area contributed by atoms with Gasteiger partial charge in [-0.2, -0.15) is 0 Å². The summed E-state index contributed by atoms with van der Waals surface area (Å²) < 4.78 is 41.8. The van der Waals surface area contributed by atoms with E-state index in [0.29, 0.717) is 12.2 Å². The fourth-order valence-corrected chi connectivity index (χ4v) is 3.62. The molecule has 0 N–H and O–H groups in total. The molecule has 0 aliphatic rings. The van der Waals surface area contributed by atoms with Gasteiger partial charge >= 0.3 is 7.60 Å². The third kappa shape index (κ3) is 4.39. The monoisotopic (exact) mass is 290 g/mol. The Hall–Kier alpha value is -0.740. The summed E-state index contributed by atoms with van der Waals surface area (Å²) in [6, 6.07) is 5.65. The van der Waals surface area contributed by atoms with Gasteiger partial charge in [-0.25, -0.2) is 4.39 Å². The van der Waals surface area contributed by atoms with E-state index >= 15 is 0 Å². The van der Waals surface area contributed by atoms with Crippen LogP contribution in [0.2, 0.25) is 0 Å². The number of benzene rings is 1. The molecule has 1 aromatic carbocycles. The van der Waals surface area contributed by atoms with Gasteiger partial charge in [0.05, 0.1) is 13.2 Å². The lowest BCUT2D eigenvalue weighted by molar-refractivity contribution is 0.0782. The predicted octanol–water partition coefficient (Wildman–Crippen LogP) is 4.13. The van der Waals surface area contributed by atoms with E-state index in [4.69, 9.17) is 13.8 Å². The van der Waals surface area contributed by atoms with Crippen molar-refractivity contribution in [2.24, 2.45) is 0 Å². The number of rotatable bonds is 8. The van der Waals surface area contributed by atoms with Crippen LogP contribution in [0.1, 0.15) is 32.2 Å². The van der Waals surface area contributed by atoms with E-state index in [9.17, 15) is 8.96 Å². The summed E-state index contributed by atoms with van der Waals surface area (Å²) in [5.74, 6) is -1.19. The molecule has 0 saturated carbocycles. The van der Waals surface area contributed by atoms with E-state index in [1.54, 1.807) is 20.8 Å². The molecule has 0 aliphatic heterocycles. The van der Waals surface area contributed by atoms with Crippen molar-refractivity contribution in [3.05, 3.63) is 35.6 Å². The predicted molar refractivity (Wildman–Crippen MR) is 71.6 cm³/mol. The number of hydrogen-bond donors (Lipinski definition) is 0. The molecular weight excluding hydrogens is 270 g/mol. The largest absolute Gasteiger partial charge is 0.363 e. The topological polar surface area (TPSA) is 44.8 Å². The first kappa shape index (κ1) is 16.3. The molecule has 0 fully saturated rings. The normalized spacial score (nSPS) is 13.5. The van der Waals surface area contributed by atoms with Crippen molar-refractivity contribution in [3.63, 3.8) is 0 Å². The molecule has 6 heteroatoms. The number of ether oxygens (including phenoxy) is 1. The van der Waals surface area contributed by atoms with Gasteiger partial charge in [0.25, 0.3) is 0 Å². The zero-order valence-electron chi connectivity index (χ0n) is 11.5. The quantitative estimate of drug-likeness (QED) is 0.675. The van der Waals surface area contributed by atoms with Crippen LogP contribution in [0.3, 0.4) is 0 Å². The van der Waals surface area contributed by atoms with Crippen LogP contribution >= 0.6 is 7.60 Å². The third-order valence-corrected chi connectivity index (χ3v) is 4.64. The number of hydrogen-bond acceptors (Lipinski definition) is 4. The highest BCUT2D eigenvalue weighted by molar-refractivity contribution is 7.54. The van der Waals surface area contributed by atoms with Gasteiger partial charge in [0.1, 0.15) is 5.82 Å². The van der Waals surface area contributed by atoms with Crippen molar-refractivity contribution in [2.75, 3.05) is 19.8 Å². The van der Waals surface area contributed by atoms with Crippen LogP contribution < -0.4 is 0 Å². The fourth-order valence-electron chi connectivity index (χ4n) is 1.69. The molecule has 0 radical (unpaired) electrons. The first-order valence-corrected chi connectivity index (χ1v) is 7.94. The van der Waals surface area contributed by atoms with E-state index in [1.807, 2.05) is 0 Å². The highest BCUT2D eigenvalue weighted by Crippen LogP contribution is 2.61. The van der Waals surface area contributed by atoms with E-state index in [-0.39, 0.29) is 19.0 Å². The van der Waals surface area contributed by atoms with Gasteiger partial charge < -0.3 is 13.8 Å². The molecule has 1 aromatic rings. The molecule has 0 aliphatic carbocycles. The van der Waals surface area contributed by atoms with E-state index in [1.165, 1.54) is 24.3 Å². The highest BCUT2D eigenvalue weighted by atomic mass is 31.2. The van der Waals surface area contributed by atoms with Gasteiger partial charge in [0.2, 0.25) is 0 Å². The summed E-state index contributed by atoms with van der Waals surface area (Å²) in [5.41, 5.74) is 0.577. The van der Waals surface area contributed by atoms with E-state index < -0.39 is 13.4 Å². The molecule has 0 bridgehead atoms. The Kier molecular flexibility index (Phi) is 6.66. The van der Waals surface area contributed by atoms with Crippen LogP contribution in [0.4, 0.5) is 4.39 Å². The lowest BCUT2D eigenvalue weighted by Gasteiger charge is -2.26. The summed E-state index contributed by atoms with van der Waals surface area (Å²) in [6.45, 7) is 6.12. The zero-order chi connectivity index (χ0) is 14.3. The smallest absolute Gasteiger partial charge is 0.361 e. The first-order chi connectivity index (χ1) is 9.07. The van der Waals surface area contributed by atoms with Crippen molar-refractivity contribution in [2.45, 2.75) is 26.6 Å². The first-order valence-electron chi connectivity index (χ1n) is 6.33. The Labute approximate surface area is 113 Å². The van der Waals surface area contributed by atoms with Crippen molar-refractivity contribution in [1.29, 1.82) is 0 Å². The molecule has 4 nitrogen and oxygen atoms in total. The summed E-state index contributed by atoms with van der Waals surface area (Å²) in [4.78, 5) is 0.